The molecule has 0 saturated carbocycles. The number of anilines is 4. The number of nitriles is 4. The number of aryl methyl sites for hydroxylation is 4. The van der Waals surface area contributed by atoms with E-state index >= 15 is 0 Å². The summed E-state index contributed by atoms with van der Waals surface area (Å²) < 4.78 is 50.3. The van der Waals surface area contributed by atoms with Gasteiger partial charge in [0.25, 0.3) is 0 Å². The maximum absolute atomic E-state index is 12.0. The van der Waals surface area contributed by atoms with Gasteiger partial charge in [0.15, 0.2) is 0 Å². The first-order chi connectivity index (χ1) is 52.2. The molecule has 0 aliphatic carbocycles. The van der Waals surface area contributed by atoms with Crippen LogP contribution < -0.4 is 30.7 Å². The Kier molecular flexibility index (Phi) is 27.8. The van der Waals surface area contributed by atoms with Crippen LogP contribution in [0, 0.1) is 45.3 Å². The summed E-state index contributed by atoms with van der Waals surface area (Å²) in [6, 6.07) is 60.9. The fourth-order valence-corrected chi connectivity index (χ4v) is 14.5. The molecule has 4 aromatic heterocycles. The van der Waals surface area contributed by atoms with Crippen molar-refractivity contribution in [3.05, 3.63) is 207 Å². The Labute approximate surface area is 643 Å². The molecule has 0 unspecified atom stereocenters. The zero-order valence-electron chi connectivity index (χ0n) is 61.3. The molecule has 21 nitrogen and oxygen atoms in total. The molecule has 0 bridgehead atoms. The monoisotopic (exact) mass is 1530 g/mol. The van der Waals surface area contributed by atoms with E-state index in [9.17, 15) is 43.8 Å². The van der Waals surface area contributed by atoms with E-state index in [0.717, 1.165) is 133 Å². The lowest BCUT2D eigenvalue weighted by Crippen LogP contribution is -2.28. The molecule has 554 valence electrons. The van der Waals surface area contributed by atoms with Crippen molar-refractivity contribution in [1.82, 2.24) is 23.6 Å². The summed E-state index contributed by atoms with van der Waals surface area (Å²) in [6.45, 7) is 19.8. The maximum Gasteiger partial charge on any atom is 0.411 e. The van der Waals surface area contributed by atoms with Gasteiger partial charge in [0.05, 0.1) is 76.6 Å². The van der Waals surface area contributed by atoms with E-state index in [1.165, 1.54) is 0 Å². The van der Waals surface area contributed by atoms with Crippen LogP contribution in [0.2, 0.25) is 15.1 Å². The quantitative estimate of drug-likeness (QED) is 0.0449. The minimum Gasteiger partial charge on any atom is -0.497 e. The van der Waals surface area contributed by atoms with Gasteiger partial charge < -0.3 is 43.1 Å². The first-order valence-electron chi connectivity index (χ1n) is 35.3. The molecule has 8 aromatic carbocycles. The normalized spacial score (nSPS) is 10.8. The molecule has 108 heavy (non-hydrogen) atoms. The van der Waals surface area contributed by atoms with Crippen LogP contribution in [-0.4, -0.2) is 77.5 Å². The molecule has 4 amide bonds. The lowest BCUT2D eigenvalue weighted by atomic mass is 10.1. The zero-order chi connectivity index (χ0) is 77.8. The molecule has 5 N–H and O–H groups in total. The van der Waals surface area contributed by atoms with E-state index in [4.69, 9.17) is 49.0 Å². The predicted molar refractivity (Wildman–Crippen MR) is 434 cm³/mol. The number of amides is 4. The molecular weight excluding hydrogens is 1450 g/mol. The Balaban J connectivity index is 0.000000166. The highest BCUT2D eigenvalue weighted by Crippen LogP contribution is 2.40. The highest BCUT2D eigenvalue weighted by Gasteiger charge is 2.24. The molecule has 0 radical (unpaired) electrons. The van der Waals surface area contributed by atoms with Gasteiger partial charge in [0, 0.05) is 115 Å². The minimum absolute atomic E-state index is 0.0832. The second kappa shape index (κ2) is 37.4. The number of nitrogens with one attached hydrogen (secondary N) is 5. The Morgan fingerprint density at radius 3 is 1.16 bits per heavy atom. The van der Waals surface area contributed by atoms with Gasteiger partial charge in [-0.3, -0.25) is 15.4 Å². The van der Waals surface area contributed by atoms with Crippen molar-refractivity contribution in [2.75, 3.05) is 53.3 Å². The van der Waals surface area contributed by atoms with E-state index in [2.05, 4.69) is 75.5 Å². The Hall–Kier alpha value is -11.9. The summed E-state index contributed by atoms with van der Waals surface area (Å²) in [4.78, 5) is 34.8. The van der Waals surface area contributed by atoms with Gasteiger partial charge in [0.1, 0.15) is 30.0 Å². The highest BCUT2D eigenvalue weighted by molar-refractivity contribution is 7.92. The number of benzene rings is 8. The average molecular weight is 1530 g/mol. The highest BCUT2D eigenvalue weighted by atomic mass is 35.5. The van der Waals surface area contributed by atoms with Gasteiger partial charge in [-0.15, -0.1) is 0 Å². The number of nitrogens with zero attached hydrogens (tertiary/aromatic N) is 8. The number of urea groups is 1. The van der Waals surface area contributed by atoms with Crippen LogP contribution in [0.25, 0.3) is 88.6 Å². The smallest absolute Gasteiger partial charge is 0.411 e. The molecule has 12 aromatic rings. The first kappa shape index (κ1) is 80.2. The molecule has 12 rings (SSSR count). The molecule has 25 heteroatoms. The Morgan fingerprint density at radius 2 is 0.806 bits per heavy atom. The second-order valence-corrected chi connectivity index (χ2v) is 27.6. The topological polar surface area (TPSA) is 288 Å². The lowest BCUT2D eigenvalue weighted by molar-refractivity contribution is 0.161. The summed E-state index contributed by atoms with van der Waals surface area (Å²) in [5.41, 5.74) is 15.7. The van der Waals surface area contributed by atoms with Crippen molar-refractivity contribution in [3.63, 3.8) is 0 Å². The van der Waals surface area contributed by atoms with E-state index < -0.39 is 22.2 Å². The third-order valence-corrected chi connectivity index (χ3v) is 19.6. The summed E-state index contributed by atoms with van der Waals surface area (Å²) >= 11 is 18.4. The summed E-state index contributed by atoms with van der Waals surface area (Å²) in [6.07, 6.45) is 1.28. The number of hydrogen-bond acceptors (Lipinski definition) is 12. The predicted octanol–water partition coefficient (Wildman–Crippen LogP) is 21.0. The van der Waals surface area contributed by atoms with Crippen molar-refractivity contribution in [3.8, 4) is 75.1 Å². The van der Waals surface area contributed by atoms with E-state index in [1.807, 2.05) is 175 Å². The van der Waals surface area contributed by atoms with E-state index in [-0.39, 0.29) is 11.8 Å². The number of ether oxygens (including phenoxy) is 3. The van der Waals surface area contributed by atoms with Gasteiger partial charge in [-0.1, -0.05) is 104 Å². The van der Waals surface area contributed by atoms with Crippen LogP contribution in [0.15, 0.2) is 170 Å². The summed E-state index contributed by atoms with van der Waals surface area (Å²) in [5.74, 6) is 0.823. The standard InChI is InChI=1S/C22H25N3O3S.C21H20ClN3O2.C20H19ClN4O.C20H18ClN3O2/c1-4-12-25-21-14-18(28-3)10-11-19(21)20(15-23)22(25)16-6-8-17(9-7-16)24-29(26,27)13-5-2;1-3-11-27-21(26)24-16-8-5-14(6-9-16)20-18(13-23)17-12-15(22)7-10-19(17)25(20)4-2;1-3-23-20(26)24-15-8-5-13(6-9-15)19-17(12-22)16-11-14(21)7-10-18(16)25(19)4-2;1-3-24-18-10-7-14(21)11-16(18)17(12-22)19(24)13-5-8-15(9-6-13)23-20(25)26-4-2/h6-11,14,24H,4-5,12-13H2,1-3H3;5-10,12H,3-4,11H2,1-2H3,(H,24,26);5-11H,3-4H2,1-2H3,(H2,23,24,26);5-11H,3-4H2,1-2H3,(H,23,25). The number of carbonyl (C=O) groups is 3. The molecule has 0 saturated heterocycles. The molecule has 0 spiro atoms. The van der Waals surface area contributed by atoms with Crippen LogP contribution in [0.5, 0.6) is 5.75 Å². The fraction of sp³-hybridized carbons (Fsp3) is 0.241. The van der Waals surface area contributed by atoms with Gasteiger partial charge in [-0.25, -0.2) is 22.8 Å². The fourth-order valence-electron chi connectivity index (χ4n) is 12.8. The third kappa shape index (κ3) is 18.5. The van der Waals surface area contributed by atoms with Crippen molar-refractivity contribution >= 4 is 129 Å². The number of methoxy groups -OCH3 is 1. The number of carbonyl (C=O) groups excluding carboxylic acids is 3. The number of sulfonamides is 1. The molecule has 0 fully saturated rings. The second-order valence-electron chi connectivity index (χ2n) is 24.4. The van der Waals surface area contributed by atoms with Crippen molar-refractivity contribution in [2.45, 2.75) is 101 Å². The van der Waals surface area contributed by atoms with Crippen molar-refractivity contribution in [2.24, 2.45) is 0 Å². The Bertz CT molecular complexity index is 5380. The number of halogens is 3. The van der Waals surface area contributed by atoms with Gasteiger partial charge >= 0.3 is 18.2 Å². The van der Waals surface area contributed by atoms with Crippen LogP contribution in [0.4, 0.5) is 37.1 Å². The average Bonchev–Trinajstić information content (AvgIpc) is 1.63. The van der Waals surface area contributed by atoms with Gasteiger partial charge in [0.2, 0.25) is 10.0 Å². The maximum atomic E-state index is 12.0. The number of hydrogen-bond donors (Lipinski definition) is 5. The molecule has 0 aliphatic heterocycles. The number of aromatic nitrogens is 4. The van der Waals surface area contributed by atoms with Crippen LogP contribution in [-0.2, 0) is 45.7 Å². The van der Waals surface area contributed by atoms with Crippen molar-refractivity contribution < 1.29 is 37.0 Å². The minimum atomic E-state index is -3.34. The molecule has 0 aliphatic rings. The number of fused-ring (bicyclic) bond motifs is 4. The molecule has 0 atom stereocenters. The SMILES string of the molecule is CCCOC(=O)Nc1ccc(-c2c(C#N)c3cc(Cl)ccc3n2CC)cc1.CCCn1c(-c2ccc(NS(=O)(=O)CCC)cc2)c(C#N)c2ccc(OC)cc21.CCNC(=O)Nc1ccc(-c2c(C#N)c3cc(Cl)ccc3n2CC)cc1.CCOC(=O)Nc1ccc(-c2c(C#N)c3cc(Cl)ccc3n2CC)cc1. The largest absolute Gasteiger partial charge is 0.497 e. The van der Waals surface area contributed by atoms with Crippen LogP contribution in [0.3, 0.4) is 0 Å². The summed E-state index contributed by atoms with van der Waals surface area (Å²) in [7, 11) is -1.72. The van der Waals surface area contributed by atoms with E-state index in [0.29, 0.717) is 86.3 Å². The van der Waals surface area contributed by atoms with Crippen LogP contribution >= 0.6 is 34.8 Å². The number of rotatable bonds is 21. The van der Waals surface area contributed by atoms with Gasteiger partial charge in [-0.05, 0) is 191 Å². The van der Waals surface area contributed by atoms with Gasteiger partial charge in [-0.2, -0.15) is 21.0 Å². The lowest BCUT2D eigenvalue weighted by Gasteiger charge is -2.12. The molecular formula is C83H82Cl3N13O8S. The van der Waals surface area contributed by atoms with Crippen molar-refractivity contribution in [1.29, 1.82) is 21.0 Å². The third-order valence-electron chi connectivity index (χ3n) is 17.4. The Morgan fingerprint density at radius 1 is 0.426 bits per heavy atom. The zero-order valence-corrected chi connectivity index (χ0v) is 64.4. The first-order valence-corrected chi connectivity index (χ1v) is 38.1. The van der Waals surface area contributed by atoms with E-state index in [1.54, 1.807) is 50.4 Å². The van der Waals surface area contributed by atoms with Crippen LogP contribution in [0.1, 0.15) is 96.9 Å². The molecule has 4 heterocycles. The summed E-state index contributed by atoms with van der Waals surface area (Å²) in [5, 5.41) is 55.1.